The van der Waals surface area contributed by atoms with Crippen LogP contribution < -0.4 is 9.64 Å². The lowest BCUT2D eigenvalue weighted by molar-refractivity contribution is 0.282. The van der Waals surface area contributed by atoms with Crippen LogP contribution in [0, 0.1) is 6.92 Å². The van der Waals surface area contributed by atoms with E-state index in [0.29, 0.717) is 0 Å². The Labute approximate surface area is 114 Å². The standard InChI is InChI=1S/C16H19NO2/c1-12-4-9-16(13(10-12)11-18)17(2)14-5-7-15(19-3)8-6-14/h4-10,18H,11H2,1-3H3. The van der Waals surface area contributed by atoms with E-state index in [1.54, 1.807) is 7.11 Å². The molecule has 0 saturated carbocycles. The predicted octanol–water partition coefficient (Wildman–Crippen LogP) is 3.26. The molecule has 3 heteroatoms. The lowest BCUT2D eigenvalue weighted by atomic mass is 10.1. The second-order valence-electron chi connectivity index (χ2n) is 4.55. The molecule has 100 valence electrons. The van der Waals surface area contributed by atoms with E-state index in [4.69, 9.17) is 4.74 Å². The van der Waals surface area contributed by atoms with Crippen molar-refractivity contribution in [2.24, 2.45) is 0 Å². The molecular weight excluding hydrogens is 238 g/mol. The van der Waals surface area contributed by atoms with Gasteiger partial charge in [0.25, 0.3) is 0 Å². The van der Waals surface area contributed by atoms with Gasteiger partial charge in [0.2, 0.25) is 0 Å². The first-order valence-corrected chi connectivity index (χ1v) is 6.24. The highest BCUT2D eigenvalue weighted by molar-refractivity contribution is 5.66. The molecule has 1 N–H and O–H groups in total. The largest absolute Gasteiger partial charge is 0.497 e. The van der Waals surface area contributed by atoms with Gasteiger partial charge in [0.05, 0.1) is 13.7 Å². The van der Waals surface area contributed by atoms with E-state index in [9.17, 15) is 5.11 Å². The zero-order valence-electron chi connectivity index (χ0n) is 11.6. The number of benzene rings is 2. The molecular formula is C16H19NO2. The maximum Gasteiger partial charge on any atom is 0.119 e. The summed E-state index contributed by atoms with van der Waals surface area (Å²) < 4.78 is 5.16. The van der Waals surface area contributed by atoms with Crippen LogP contribution >= 0.6 is 0 Å². The van der Waals surface area contributed by atoms with Gasteiger partial charge in [-0.25, -0.2) is 0 Å². The van der Waals surface area contributed by atoms with Crippen LogP contribution in [-0.2, 0) is 6.61 Å². The molecule has 2 aromatic carbocycles. The van der Waals surface area contributed by atoms with Crippen molar-refractivity contribution in [3.05, 3.63) is 53.6 Å². The highest BCUT2D eigenvalue weighted by Gasteiger charge is 2.09. The molecule has 0 spiro atoms. The fourth-order valence-corrected chi connectivity index (χ4v) is 2.11. The molecule has 0 aliphatic rings. The van der Waals surface area contributed by atoms with E-state index in [-0.39, 0.29) is 6.61 Å². The molecule has 0 unspecified atom stereocenters. The van der Waals surface area contributed by atoms with Crippen molar-refractivity contribution in [2.75, 3.05) is 19.1 Å². The van der Waals surface area contributed by atoms with Gasteiger partial charge in [-0.05, 0) is 37.3 Å². The third kappa shape index (κ3) is 2.88. The monoisotopic (exact) mass is 257 g/mol. The Morgan fingerprint density at radius 3 is 2.37 bits per heavy atom. The number of nitrogens with zero attached hydrogens (tertiary/aromatic N) is 1. The lowest BCUT2D eigenvalue weighted by Crippen LogP contribution is -2.11. The van der Waals surface area contributed by atoms with E-state index in [1.165, 1.54) is 0 Å². The number of aliphatic hydroxyl groups excluding tert-OH is 1. The predicted molar refractivity (Wildman–Crippen MR) is 78.2 cm³/mol. The maximum atomic E-state index is 9.47. The minimum atomic E-state index is 0.0392. The number of aryl methyl sites for hydroxylation is 1. The fourth-order valence-electron chi connectivity index (χ4n) is 2.11. The van der Waals surface area contributed by atoms with E-state index >= 15 is 0 Å². The maximum absolute atomic E-state index is 9.47. The Morgan fingerprint density at radius 1 is 1.11 bits per heavy atom. The molecule has 0 aliphatic heterocycles. The third-order valence-corrected chi connectivity index (χ3v) is 3.23. The van der Waals surface area contributed by atoms with Gasteiger partial charge in [-0.2, -0.15) is 0 Å². The van der Waals surface area contributed by atoms with E-state index in [0.717, 1.165) is 28.3 Å². The van der Waals surface area contributed by atoms with Crippen molar-refractivity contribution >= 4 is 11.4 Å². The Bertz CT molecular complexity index is 549. The first-order chi connectivity index (χ1) is 9.15. The van der Waals surface area contributed by atoms with E-state index in [1.807, 2.05) is 50.4 Å². The van der Waals surface area contributed by atoms with Gasteiger partial charge in [0.1, 0.15) is 5.75 Å². The number of aliphatic hydroxyl groups is 1. The SMILES string of the molecule is COc1ccc(N(C)c2ccc(C)cc2CO)cc1. The average Bonchev–Trinajstić information content (AvgIpc) is 2.46. The third-order valence-electron chi connectivity index (χ3n) is 3.23. The number of rotatable bonds is 4. The quantitative estimate of drug-likeness (QED) is 0.912. The first-order valence-electron chi connectivity index (χ1n) is 6.24. The summed E-state index contributed by atoms with van der Waals surface area (Å²) in [5.41, 5.74) is 4.15. The number of anilines is 2. The summed E-state index contributed by atoms with van der Waals surface area (Å²) in [6, 6.07) is 14.0. The van der Waals surface area contributed by atoms with Crippen LogP contribution in [0.2, 0.25) is 0 Å². The Morgan fingerprint density at radius 2 is 1.79 bits per heavy atom. The van der Waals surface area contributed by atoms with Crippen molar-refractivity contribution in [2.45, 2.75) is 13.5 Å². The highest BCUT2D eigenvalue weighted by Crippen LogP contribution is 2.29. The minimum Gasteiger partial charge on any atom is -0.497 e. The summed E-state index contributed by atoms with van der Waals surface area (Å²) in [5.74, 6) is 0.837. The van der Waals surface area contributed by atoms with E-state index in [2.05, 4.69) is 11.0 Å². The zero-order valence-corrected chi connectivity index (χ0v) is 11.6. The Hall–Kier alpha value is -2.00. The van der Waals surface area contributed by atoms with Crippen LogP contribution in [0.15, 0.2) is 42.5 Å². The Kier molecular flexibility index (Phi) is 4.07. The number of methoxy groups -OCH3 is 1. The summed E-state index contributed by atoms with van der Waals surface area (Å²) in [6.45, 7) is 2.06. The molecule has 0 fully saturated rings. The average molecular weight is 257 g/mol. The molecule has 0 amide bonds. The van der Waals surface area contributed by atoms with Crippen molar-refractivity contribution in [1.29, 1.82) is 0 Å². The van der Waals surface area contributed by atoms with Gasteiger partial charge in [-0.15, -0.1) is 0 Å². The number of hydrogen-bond donors (Lipinski definition) is 1. The summed E-state index contributed by atoms with van der Waals surface area (Å²) in [5, 5.41) is 9.47. The molecule has 3 nitrogen and oxygen atoms in total. The van der Waals surface area contributed by atoms with Gasteiger partial charge >= 0.3 is 0 Å². The first kappa shape index (κ1) is 13.4. The summed E-state index contributed by atoms with van der Waals surface area (Å²) >= 11 is 0. The van der Waals surface area contributed by atoms with Gasteiger partial charge in [-0.3, -0.25) is 0 Å². The fraction of sp³-hybridized carbons (Fsp3) is 0.250. The van der Waals surface area contributed by atoms with Crippen LogP contribution in [0.3, 0.4) is 0 Å². The molecule has 0 atom stereocenters. The van der Waals surface area contributed by atoms with Crippen LogP contribution in [-0.4, -0.2) is 19.3 Å². The number of ether oxygens (including phenoxy) is 1. The minimum absolute atomic E-state index is 0.0392. The van der Waals surface area contributed by atoms with Gasteiger partial charge in [-0.1, -0.05) is 17.7 Å². The molecule has 2 aromatic rings. The molecule has 2 rings (SSSR count). The molecule has 0 radical (unpaired) electrons. The molecule has 0 aromatic heterocycles. The summed E-state index contributed by atoms with van der Waals surface area (Å²) in [4.78, 5) is 2.06. The second-order valence-corrected chi connectivity index (χ2v) is 4.55. The topological polar surface area (TPSA) is 32.7 Å². The second kappa shape index (κ2) is 5.76. The summed E-state index contributed by atoms with van der Waals surface area (Å²) in [7, 11) is 3.65. The highest BCUT2D eigenvalue weighted by atomic mass is 16.5. The van der Waals surface area contributed by atoms with Crippen molar-refractivity contribution in [1.82, 2.24) is 0 Å². The van der Waals surface area contributed by atoms with Crippen LogP contribution in [0.4, 0.5) is 11.4 Å². The van der Waals surface area contributed by atoms with Crippen molar-refractivity contribution in [3.8, 4) is 5.75 Å². The molecule has 0 saturated heterocycles. The van der Waals surface area contributed by atoms with E-state index < -0.39 is 0 Å². The van der Waals surface area contributed by atoms with Gasteiger partial charge < -0.3 is 14.7 Å². The van der Waals surface area contributed by atoms with Crippen LogP contribution in [0.1, 0.15) is 11.1 Å². The van der Waals surface area contributed by atoms with Crippen molar-refractivity contribution in [3.63, 3.8) is 0 Å². The molecule has 0 heterocycles. The zero-order chi connectivity index (χ0) is 13.8. The Balaban J connectivity index is 2.34. The van der Waals surface area contributed by atoms with Crippen LogP contribution in [0.25, 0.3) is 0 Å². The van der Waals surface area contributed by atoms with Crippen molar-refractivity contribution < 1.29 is 9.84 Å². The normalized spacial score (nSPS) is 10.3. The number of hydrogen-bond acceptors (Lipinski definition) is 3. The van der Waals surface area contributed by atoms with Gasteiger partial charge in [0.15, 0.2) is 0 Å². The molecule has 0 aliphatic carbocycles. The lowest BCUT2D eigenvalue weighted by Gasteiger charge is -2.22. The molecule has 19 heavy (non-hydrogen) atoms. The smallest absolute Gasteiger partial charge is 0.119 e. The summed E-state index contributed by atoms with van der Waals surface area (Å²) in [6.07, 6.45) is 0. The van der Waals surface area contributed by atoms with Crippen LogP contribution in [0.5, 0.6) is 5.75 Å². The molecule has 0 bridgehead atoms. The van der Waals surface area contributed by atoms with Gasteiger partial charge in [0, 0.05) is 24.0 Å².